The fourth-order valence-electron chi connectivity index (χ4n) is 3.35. The number of ether oxygens (including phenoxy) is 1. The van der Waals surface area contributed by atoms with E-state index in [9.17, 15) is 18.0 Å². The largest absolute Gasteiger partial charge is 0.495 e. The number of rotatable bonds is 7. The number of hydrogen-bond donors (Lipinski definition) is 2. The van der Waals surface area contributed by atoms with Crippen molar-refractivity contribution in [3.63, 3.8) is 0 Å². The Kier molecular flexibility index (Phi) is 7.96. The van der Waals surface area contributed by atoms with E-state index in [4.69, 9.17) is 16.3 Å². The van der Waals surface area contributed by atoms with E-state index in [2.05, 4.69) is 14.9 Å². The molecular weight excluding hydrogens is 468 g/mol. The second-order valence-corrected chi connectivity index (χ2v) is 9.92. The lowest BCUT2D eigenvalue weighted by Gasteiger charge is -2.32. The van der Waals surface area contributed by atoms with Crippen molar-refractivity contribution in [2.24, 2.45) is 0 Å². The van der Waals surface area contributed by atoms with Gasteiger partial charge >= 0.3 is 0 Å². The van der Waals surface area contributed by atoms with Gasteiger partial charge in [-0.25, -0.2) is 8.42 Å². The number of anilines is 1. The molecule has 2 amide bonds. The lowest BCUT2D eigenvalue weighted by molar-refractivity contribution is -0.117. The smallest absolute Gasteiger partial charge is 0.253 e. The molecular formula is C22H27ClN4O5S. The van der Waals surface area contributed by atoms with Crippen molar-refractivity contribution in [1.82, 2.24) is 14.5 Å². The third kappa shape index (κ3) is 6.23. The van der Waals surface area contributed by atoms with E-state index in [1.165, 1.54) is 32.2 Å². The molecule has 178 valence electrons. The normalized spacial score (nSPS) is 15.7. The molecule has 0 saturated carbocycles. The van der Waals surface area contributed by atoms with E-state index in [1.54, 1.807) is 29.2 Å². The van der Waals surface area contributed by atoms with E-state index < -0.39 is 22.0 Å². The standard InChI is InChI=1S/C22H27ClN4O5S/c1-15(25-33(30,31)20-14-17(23)6-9-19(20)32-3)21(28)24-18-7-4-16(5-8-18)22(29)27-12-10-26(2)11-13-27/h4-9,14-15,25H,10-13H2,1-3H3,(H,24,28)/t15-/m0/s1. The molecule has 2 aromatic carbocycles. The molecule has 11 heteroatoms. The molecule has 0 radical (unpaired) electrons. The molecule has 0 aliphatic carbocycles. The van der Waals surface area contributed by atoms with Crippen LogP contribution in [0, 0.1) is 0 Å². The number of benzene rings is 2. The lowest BCUT2D eigenvalue weighted by atomic mass is 10.1. The van der Waals surface area contributed by atoms with Gasteiger partial charge in [-0.3, -0.25) is 9.59 Å². The molecule has 1 heterocycles. The summed E-state index contributed by atoms with van der Waals surface area (Å²) in [6.07, 6.45) is 0. The first-order valence-corrected chi connectivity index (χ1v) is 12.2. The number of piperazine rings is 1. The number of sulfonamides is 1. The highest BCUT2D eigenvalue weighted by Crippen LogP contribution is 2.27. The number of methoxy groups -OCH3 is 1. The Morgan fingerprint density at radius 1 is 1.06 bits per heavy atom. The van der Waals surface area contributed by atoms with Gasteiger partial charge < -0.3 is 19.9 Å². The molecule has 1 aliphatic heterocycles. The predicted molar refractivity (Wildman–Crippen MR) is 126 cm³/mol. The highest BCUT2D eigenvalue weighted by molar-refractivity contribution is 7.89. The summed E-state index contributed by atoms with van der Waals surface area (Å²) in [7, 11) is -0.707. The minimum atomic E-state index is -4.07. The summed E-state index contributed by atoms with van der Waals surface area (Å²) in [5, 5.41) is 2.87. The van der Waals surface area contributed by atoms with Crippen LogP contribution < -0.4 is 14.8 Å². The van der Waals surface area contributed by atoms with Crippen molar-refractivity contribution in [3.05, 3.63) is 53.1 Å². The van der Waals surface area contributed by atoms with Crippen LogP contribution in [0.1, 0.15) is 17.3 Å². The van der Waals surface area contributed by atoms with Crippen LogP contribution in [-0.2, 0) is 14.8 Å². The van der Waals surface area contributed by atoms with Gasteiger partial charge in [0, 0.05) is 42.5 Å². The molecule has 0 unspecified atom stereocenters. The summed E-state index contributed by atoms with van der Waals surface area (Å²) in [4.78, 5) is 29.0. The number of halogens is 1. The number of amides is 2. The first-order chi connectivity index (χ1) is 15.6. The molecule has 1 saturated heterocycles. The van der Waals surface area contributed by atoms with Crippen molar-refractivity contribution in [2.75, 3.05) is 45.7 Å². The zero-order valence-corrected chi connectivity index (χ0v) is 20.2. The fourth-order valence-corrected chi connectivity index (χ4v) is 4.98. The third-order valence-corrected chi connectivity index (χ3v) is 7.13. The quantitative estimate of drug-likeness (QED) is 0.610. The van der Waals surface area contributed by atoms with Crippen molar-refractivity contribution in [3.8, 4) is 5.75 Å². The van der Waals surface area contributed by atoms with Gasteiger partial charge in [-0.1, -0.05) is 11.6 Å². The van der Waals surface area contributed by atoms with Gasteiger partial charge in [-0.15, -0.1) is 0 Å². The van der Waals surface area contributed by atoms with Crippen LogP contribution in [-0.4, -0.2) is 76.4 Å². The molecule has 3 rings (SSSR count). The zero-order valence-electron chi connectivity index (χ0n) is 18.7. The summed E-state index contributed by atoms with van der Waals surface area (Å²) < 4.78 is 32.9. The van der Waals surface area contributed by atoms with Crippen LogP contribution in [0.15, 0.2) is 47.4 Å². The highest BCUT2D eigenvalue weighted by atomic mass is 35.5. The molecule has 1 fully saturated rings. The maximum absolute atomic E-state index is 12.7. The van der Waals surface area contributed by atoms with Crippen molar-refractivity contribution < 1.29 is 22.7 Å². The summed E-state index contributed by atoms with van der Waals surface area (Å²) >= 11 is 5.92. The SMILES string of the molecule is COc1ccc(Cl)cc1S(=O)(=O)N[C@@H](C)C(=O)Nc1ccc(C(=O)N2CCN(C)CC2)cc1. The van der Waals surface area contributed by atoms with Gasteiger partial charge in [-0.05, 0) is 56.4 Å². The Hall–Kier alpha value is -2.66. The van der Waals surface area contributed by atoms with Crippen LogP contribution in [0.4, 0.5) is 5.69 Å². The first-order valence-electron chi connectivity index (χ1n) is 10.4. The minimum Gasteiger partial charge on any atom is -0.495 e. The number of carbonyl (C=O) groups excluding carboxylic acids is 2. The fraction of sp³-hybridized carbons (Fsp3) is 0.364. The number of nitrogens with zero attached hydrogens (tertiary/aromatic N) is 2. The molecule has 1 aliphatic rings. The Morgan fingerprint density at radius 2 is 1.70 bits per heavy atom. The Morgan fingerprint density at radius 3 is 2.30 bits per heavy atom. The minimum absolute atomic E-state index is 0.0578. The van der Waals surface area contributed by atoms with E-state index in [-0.39, 0.29) is 21.6 Å². The van der Waals surface area contributed by atoms with Gasteiger partial charge in [0.25, 0.3) is 5.91 Å². The molecule has 9 nitrogen and oxygen atoms in total. The Balaban J connectivity index is 1.63. The molecule has 0 spiro atoms. The van der Waals surface area contributed by atoms with Gasteiger partial charge in [0.15, 0.2) is 0 Å². The molecule has 0 bridgehead atoms. The number of nitrogens with one attached hydrogen (secondary N) is 2. The summed E-state index contributed by atoms with van der Waals surface area (Å²) in [5.41, 5.74) is 0.973. The van der Waals surface area contributed by atoms with Gasteiger partial charge in [0.05, 0.1) is 13.2 Å². The second kappa shape index (κ2) is 10.5. The van der Waals surface area contributed by atoms with E-state index in [0.29, 0.717) is 24.3 Å². The summed E-state index contributed by atoms with van der Waals surface area (Å²) in [6.45, 7) is 4.42. The highest BCUT2D eigenvalue weighted by Gasteiger charge is 2.26. The second-order valence-electron chi connectivity index (χ2n) is 7.80. The Bertz CT molecular complexity index is 1120. The number of carbonyl (C=O) groups is 2. The molecule has 2 N–H and O–H groups in total. The van der Waals surface area contributed by atoms with Crippen LogP contribution in [0.25, 0.3) is 0 Å². The predicted octanol–water partition coefficient (Wildman–Crippen LogP) is 2.04. The third-order valence-electron chi connectivity index (χ3n) is 5.33. The average molecular weight is 495 g/mol. The van der Waals surface area contributed by atoms with Gasteiger partial charge in [0.1, 0.15) is 10.6 Å². The van der Waals surface area contributed by atoms with Crippen molar-refractivity contribution in [2.45, 2.75) is 17.9 Å². The van der Waals surface area contributed by atoms with E-state index in [1.807, 2.05) is 7.05 Å². The van der Waals surface area contributed by atoms with Crippen LogP contribution in [0.2, 0.25) is 5.02 Å². The average Bonchev–Trinajstić information content (AvgIpc) is 2.79. The van der Waals surface area contributed by atoms with Crippen molar-refractivity contribution >= 4 is 39.1 Å². The zero-order chi connectivity index (χ0) is 24.2. The van der Waals surface area contributed by atoms with Gasteiger partial charge in [0.2, 0.25) is 15.9 Å². The maximum atomic E-state index is 12.7. The molecule has 2 aromatic rings. The van der Waals surface area contributed by atoms with Crippen LogP contribution >= 0.6 is 11.6 Å². The van der Waals surface area contributed by atoms with Crippen molar-refractivity contribution in [1.29, 1.82) is 0 Å². The summed E-state index contributed by atoms with van der Waals surface area (Å²) in [5.74, 6) is -0.504. The van der Waals surface area contributed by atoms with Crippen LogP contribution in [0.5, 0.6) is 5.75 Å². The number of hydrogen-bond acceptors (Lipinski definition) is 6. The molecule has 33 heavy (non-hydrogen) atoms. The molecule has 0 aromatic heterocycles. The first kappa shape index (κ1) is 25.0. The number of likely N-dealkylation sites (N-methyl/N-ethyl adjacent to an activating group) is 1. The van der Waals surface area contributed by atoms with E-state index in [0.717, 1.165) is 13.1 Å². The van der Waals surface area contributed by atoms with Gasteiger partial charge in [-0.2, -0.15) is 4.72 Å². The summed E-state index contributed by atoms with van der Waals surface area (Å²) in [6, 6.07) is 9.63. The maximum Gasteiger partial charge on any atom is 0.253 e. The van der Waals surface area contributed by atoms with Crippen LogP contribution in [0.3, 0.4) is 0 Å². The monoisotopic (exact) mass is 494 g/mol. The Labute approximate surface area is 198 Å². The van der Waals surface area contributed by atoms with E-state index >= 15 is 0 Å². The lowest BCUT2D eigenvalue weighted by Crippen LogP contribution is -2.47. The topological polar surface area (TPSA) is 108 Å². The molecule has 1 atom stereocenters.